The molecule has 0 atom stereocenters. The summed E-state index contributed by atoms with van der Waals surface area (Å²) in [7, 11) is 0. The van der Waals surface area contributed by atoms with Crippen LogP contribution < -0.4 is 0 Å². The Hall–Kier alpha value is -0.738. The standard InChI is InChI=1S/2C5H4NOS.Pb/c2*7-6-4-2-1-3-5(6)8;/h2*1-4H;/q2*-1;+2. The van der Waals surface area contributed by atoms with Crippen molar-refractivity contribution >= 4 is 51.7 Å². The van der Waals surface area contributed by atoms with Gasteiger partial charge in [0.2, 0.25) is 0 Å². The van der Waals surface area contributed by atoms with E-state index in [1.54, 1.807) is 36.4 Å². The Morgan fingerprint density at radius 3 is 1.29 bits per heavy atom. The first kappa shape index (κ1) is 16.3. The van der Waals surface area contributed by atoms with Gasteiger partial charge in [0.1, 0.15) is 9.28 Å². The monoisotopic (exact) mass is 460 g/mol. The molecule has 2 aromatic heterocycles. The van der Waals surface area contributed by atoms with E-state index >= 15 is 0 Å². The van der Waals surface area contributed by atoms with Gasteiger partial charge in [-0.15, -0.1) is 0 Å². The quantitative estimate of drug-likeness (QED) is 0.449. The molecule has 0 aliphatic rings. The molecular weight excluding hydrogens is 451 g/mol. The second kappa shape index (κ2) is 8.37. The van der Waals surface area contributed by atoms with E-state index in [4.69, 9.17) is 0 Å². The van der Waals surface area contributed by atoms with Gasteiger partial charge in [0.25, 0.3) is 0 Å². The average Bonchev–Trinajstić information content (AvgIpc) is 2.28. The third-order valence-electron chi connectivity index (χ3n) is 1.58. The second-order valence-electron chi connectivity index (χ2n) is 2.73. The first-order valence-corrected chi connectivity index (χ1v) is 5.13. The van der Waals surface area contributed by atoms with Gasteiger partial charge in [-0.1, -0.05) is 36.6 Å². The van der Waals surface area contributed by atoms with E-state index in [0.717, 1.165) is 0 Å². The van der Waals surface area contributed by atoms with Crippen LogP contribution in [0.4, 0.5) is 0 Å². The summed E-state index contributed by atoms with van der Waals surface area (Å²) in [5, 5.41) is 20.9. The van der Waals surface area contributed by atoms with Gasteiger partial charge in [-0.3, -0.25) is 0 Å². The summed E-state index contributed by atoms with van der Waals surface area (Å²) < 4.78 is 1.92. The minimum Gasteiger partial charge on any atom is -0.805 e. The predicted octanol–water partition coefficient (Wildman–Crippen LogP) is 2.75. The third-order valence-corrected chi connectivity index (χ3v) is 2.21. The first-order valence-electron chi connectivity index (χ1n) is 4.31. The van der Waals surface area contributed by atoms with Gasteiger partial charge in [0.15, 0.2) is 0 Å². The normalized spacial score (nSPS) is 8.47. The van der Waals surface area contributed by atoms with Crippen LogP contribution in [0.1, 0.15) is 0 Å². The summed E-state index contributed by atoms with van der Waals surface area (Å²) in [6, 6.07) is 9.92. The molecule has 0 unspecified atom stereocenters. The molecular formula is C10H8N2O2PbS2. The van der Waals surface area contributed by atoms with E-state index in [1.165, 1.54) is 12.4 Å². The maximum atomic E-state index is 10.4. The Morgan fingerprint density at radius 2 is 1.12 bits per heavy atom. The summed E-state index contributed by atoms with van der Waals surface area (Å²) >= 11 is 9.21. The Kier molecular flexibility index (Phi) is 8.00. The molecule has 0 amide bonds. The van der Waals surface area contributed by atoms with Crippen LogP contribution >= 0.6 is 24.4 Å². The van der Waals surface area contributed by atoms with E-state index in [0.29, 0.717) is 18.7 Å². The Bertz CT molecular complexity index is 517. The van der Waals surface area contributed by atoms with Crippen molar-refractivity contribution in [3.63, 3.8) is 0 Å². The molecule has 86 valence electrons. The van der Waals surface area contributed by atoms with E-state index in [2.05, 4.69) is 24.4 Å². The number of aromatic nitrogens is 2. The minimum atomic E-state index is 0. The van der Waals surface area contributed by atoms with Crippen LogP contribution in [0.15, 0.2) is 48.8 Å². The molecule has 0 fully saturated rings. The fourth-order valence-electron chi connectivity index (χ4n) is 0.825. The van der Waals surface area contributed by atoms with Crippen LogP contribution in [0.3, 0.4) is 0 Å². The van der Waals surface area contributed by atoms with E-state index < -0.39 is 0 Å². The molecule has 0 aromatic carbocycles. The van der Waals surface area contributed by atoms with E-state index in [9.17, 15) is 10.4 Å². The van der Waals surface area contributed by atoms with Crippen LogP contribution in [0.25, 0.3) is 0 Å². The van der Waals surface area contributed by atoms with E-state index in [-0.39, 0.29) is 27.3 Å². The fourth-order valence-corrected chi connectivity index (χ4v) is 1.10. The van der Waals surface area contributed by atoms with Crippen molar-refractivity contribution in [1.82, 2.24) is 9.46 Å². The topological polar surface area (TPSA) is 56.0 Å². The Morgan fingerprint density at radius 1 is 0.765 bits per heavy atom. The number of pyridine rings is 2. The molecule has 7 heteroatoms. The van der Waals surface area contributed by atoms with Crippen molar-refractivity contribution in [3.05, 3.63) is 68.5 Å². The summed E-state index contributed by atoms with van der Waals surface area (Å²) in [6.07, 6.45) is 2.75. The van der Waals surface area contributed by atoms with Gasteiger partial charge in [-0.2, -0.15) is 0 Å². The summed E-state index contributed by atoms with van der Waals surface area (Å²) in [4.78, 5) is 0. The van der Waals surface area contributed by atoms with Crippen LogP contribution in [-0.4, -0.2) is 36.8 Å². The van der Waals surface area contributed by atoms with Crippen LogP contribution in [0, 0.1) is 19.7 Å². The number of rotatable bonds is 0. The molecule has 0 saturated heterocycles. The summed E-state index contributed by atoms with van der Waals surface area (Å²) in [6.45, 7) is 0. The van der Waals surface area contributed by atoms with Crippen molar-refractivity contribution in [2.75, 3.05) is 0 Å². The molecule has 0 spiro atoms. The van der Waals surface area contributed by atoms with Gasteiger partial charge in [-0.25, -0.2) is 0 Å². The van der Waals surface area contributed by atoms with Crippen molar-refractivity contribution in [2.45, 2.75) is 0 Å². The van der Waals surface area contributed by atoms with Crippen molar-refractivity contribution in [2.24, 2.45) is 0 Å². The van der Waals surface area contributed by atoms with Crippen molar-refractivity contribution in [1.29, 1.82) is 0 Å². The number of nitrogens with zero attached hydrogens (tertiary/aromatic N) is 2. The van der Waals surface area contributed by atoms with Crippen LogP contribution in [0.5, 0.6) is 0 Å². The maximum Gasteiger partial charge on any atom is 2.00 e. The molecule has 0 bridgehead atoms. The molecule has 0 N–H and O–H groups in total. The SMILES string of the molecule is [O-]n1ccccc1=S.[O-]n1ccccc1=S.[Pb+2]. The van der Waals surface area contributed by atoms with Gasteiger partial charge in [0.05, 0.1) is 0 Å². The Labute approximate surface area is 129 Å². The van der Waals surface area contributed by atoms with Crippen LogP contribution in [-0.2, 0) is 0 Å². The average molecular weight is 460 g/mol. The summed E-state index contributed by atoms with van der Waals surface area (Å²) in [5.41, 5.74) is 0. The van der Waals surface area contributed by atoms with E-state index in [1.807, 2.05) is 0 Å². The van der Waals surface area contributed by atoms with Crippen molar-refractivity contribution < 1.29 is 0 Å². The molecule has 0 aliphatic heterocycles. The molecule has 2 aromatic rings. The minimum absolute atomic E-state index is 0. The molecule has 2 radical (unpaired) electrons. The molecule has 0 saturated carbocycles. The summed E-state index contributed by atoms with van der Waals surface area (Å²) in [5.74, 6) is 0. The Balaban J connectivity index is 0.000000284. The zero-order valence-corrected chi connectivity index (χ0v) is 14.2. The smallest absolute Gasteiger partial charge is 0.805 e. The fraction of sp³-hybridized carbons (Fsp3) is 0. The molecule has 2 rings (SSSR count). The van der Waals surface area contributed by atoms with Crippen LogP contribution in [0.2, 0.25) is 0 Å². The molecule has 0 aliphatic carbocycles. The van der Waals surface area contributed by atoms with Gasteiger partial charge >= 0.3 is 27.3 Å². The molecule has 4 nitrogen and oxygen atoms in total. The second-order valence-corrected chi connectivity index (χ2v) is 3.57. The van der Waals surface area contributed by atoms with Crippen molar-refractivity contribution in [3.8, 4) is 0 Å². The third kappa shape index (κ3) is 5.94. The van der Waals surface area contributed by atoms with Gasteiger partial charge in [0, 0.05) is 0 Å². The van der Waals surface area contributed by atoms with Gasteiger partial charge in [-0.05, 0) is 36.7 Å². The van der Waals surface area contributed by atoms with Gasteiger partial charge < -0.3 is 19.9 Å². The number of hydrogen-bond acceptors (Lipinski definition) is 4. The maximum absolute atomic E-state index is 10.4. The largest absolute Gasteiger partial charge is 2.00 e. The zero-order chi connectivity index (χ0) is 12.0. The molecule has 2 heterocycles. The predicted molar refractivity (Wildman–Crippen MR) is 73.8 cm³/mol. The number of hydrogen-bond donors (Lipinski definition) is 0. The zero-order valence-electron chi connectivity index (χ0n) is 8.65. The molecule has 17 heavy (non-hydrogen) atoms. The first-order chi connectivity index (χ1) is 7.61.